The van der Waals surface area contributed by atoms with Gasteiger partial charge in [0.05, 0.1) is 23.8 Å². The Morgan fingerprint density at radius 1 is 1.46 bits per heavy atom. The molecule has 130 valence electrons. The summed E-state index contributed by atoms with van der Waals surface area (Å²) in [7, 11) is 0. The van der Waals surface area contributed by atoms with Crippen molar-refractivity contribution >= 4 is 29.0 Å². The topological polar surface area (TPSA) is 53.6 Å². The van der Waals surface area contributed by atoms with Gasteiger partial charge >= 0.3 is 6.09 Å². The maximum atomic E-state index is 14.5. The van der Waals surface area contributed by atoms with Crippen molar-refractivity contribution in [3.8, 4) is 0 Å². The summed E-state index contributed by atoms with van der Waals surface area (Å²) in [5, 5.41) is 6.27. The summed E-state index contributed by atoms with van der Waals surface area (Å²) in [6.07, 6.45) is 1.14. The van der Waals surface area contributed by atoms with Crippen molar-refractivity contribution in [2.24, 2.45) is 0 Å². The molecule has 1 aromatic carbocycles. The number of anilines is 1. The molecule has 2 aliphatic heterocycles. The van der Waals surface area contributed by atoms with Crippen molar-refractivity contribution in [2.45, 2.75) is 31.8 Å². The minimum absolute atomic E-state index is 0.244. The lowest BCUT2D eigenvalue weighted by Gasteiger charge is -2.24. The van der Waals surface area contributed by atoms with Crippen molar-refractivity contribution < 1.29 is 13.9 Å². The number of benzene rings is 1. The number of hydrogen-bond acceptors (Lipinski definition) is 4. The summed E-state index contributed by atoms with van der Waals surface area (Å²) >= 11 is 4.96. The Labute approximate surface area is 146 Å². The maximum absolute atomic E-state index is 14.5. The maximum Gasteiger partial charge on any atom is 0.414 e. The molecule has 2 N–H and O–H groups in total. The van der Waals surface area contributed by atoms with Gasteiger partial charge in [-0.1, -0.05) is 18.3 Å². The monoisotopic (exact) mass is 351 g/mol. The average molecular weight is 351 g/mol. The summed E-state index contributed by atoms with van der Waals surface area (Å²) in [6.45, 7) is 4.46. The quantitative estimate of drug-likeness (QED) is 0.817. The first-order chi connectivity index (χ1) is 11.5. The molecule has 1 atom stereocenters. The molecule has 5 nitrogen and oxygen atoms in total. The number of nitrogens with one attached hydrogen (secondary N) is 2. The zero-order chi connectivity index (χ0) is 17.1. The van der Waals surface area contributed by atoms with E-state index in [0.717, 1.165) is 31.5 Å². The normalized spacial score (nSPS) is 21.7. The number of carbonyl (C=O) groups excluding carboxylic acids is 1. The summed E-state index contributed by atoms with van der Waals surface area (Å²) < 4.78 is 19.8. The van der Waals surface area contributed by atoms with Crippen molar-refractivity contribution in [1.82, 2.24) is 10.6 Å². The third-order valence-electron chi connectivity index (χ3n) is 4.53. The van der Waals surface area contributed by atoms with Gasteiger partial charge in [-0.05, 0) is 56.5 Å². The highest BCUT2D eigenvalue weighted by atomic mass is 32.1. The van der Waals surface area contributed by atoms with E-state index < -0.39 is 6.09 Å². The number of ether oxygens (including phenoxy) is 1. The van der Waals surface area contributed by atoms with Crippen molar-refractivity contribution in [1.29, 1.82) is 0 Å². The number of amides is 1. The van der Waals surface area contributed by atoms with Crippen LogP contribution in [0, 0.1) is 5.82 Å². The first kappa shape index (κ1) is 17.1. The molecular formula is C17H22FN3O2S. The van der Waals surface area contributed by atoms with Crippen LogP contribution in [-0.2, 0) is 4.74 Å². The van der Waals surface area contributed by atoms with E-state index in [9.17, 15) is 9.18 Å². The number of nitrogens with zero attached hydrogens (tertiary/aromatic N) is 1. The molecule has 1 aromatic rings. The number of piperidine rings is 1. The molecule has 0 unspecified atom stereocenters. The van der Waals surface area contributed by atoms with E-state index in [4.69, 9.17) is 17.0 Å². The van der Waals surface area contributed by atoms with E-state index in [1.165, 1.54) is 11.0 Å². The van der Waals surface area contributed by atoms with Gasteiger partial charge in [0.1, 0.15) is 11.9 Å². The van der Waals surface area contributed by atoms with Crippen LogP contribution in [0.15, 0.2) is 18.2 Å². The van der Waals surface area contributed by atoms with Gasteiger partial charge in [-0.15, -0.1) is 0 Å². The molecule has 24 heavy (non-hydrogen) atoms. The van der Waals surface area contributed by atoms with Crippen molar-refractivity contribution in [3.05, 3.63) is 29.6 Å². The van der Waals surface area contributed by atoms with Crippen LogP contribution >= 0.6 is 12.2 Å². The second-order valence-corrected chi connectivity index (χ2v) is 6.90. The number of thiocarbonyl (C=S) groups is 1. The Hall–Kier alpha value is -1.73. The molecule has 0 spiro atoms. The molecule has 0 aromatic heterocycles. The molecule has 2 fully saturated rings. The van der Waals surface area contributed by atoms with Crippen LogP contribution < -0.4 is 15.5 Å². The van der Waals surface area contributed by atoms with Gasteiger partial charge in [0.2, 0.25) is 0 Å². The fourth-order valence-electron chi connectivity index (χ4n) is 3.24. The van der Waals surface area contributed by atoms with Crippen LogP contribution in [0.5, 0.6) is 0 Å². The van der Waals surface area contributed by atoms with Crippen LogP contribution in [0.4, 0.5) is 14.9 Å². The molecule has 0 radical (unpaired) electrons. The van der Waals surface area contributed by atoms with Gasteiger partial charge in [-0.25, -0.2) is 9.18 Å². The molecule has 2 saturated heterocycles. The lowest BCUT2D eigenvalue weighted by Crippen LogP contribution is -2.32. The van der Waals surface area contributed by atoms with E-state index in [1.54, 1.807) is 13.0 Å². The summed E-state index contributed by atoms with van der Waals surface area (Å²) in [5.41, 5.74) is 1.28. The predicted molar refractivity (Wildman–Crippen MR) is 95.1 cm³/mol. The molecule has 2 heterocycles. The summed E-state index contributed by atoms with van der Waals surface area (Å²) in [4.78, 5) is 14.2. The van der Waals surface area contributed by atoms with Crippen LogP contribution in [0.25, 0.3) is 0 Å². The Bertz CT molecular complexity index is 634. The molecule has 2 aliphatic rings. The van der Waals surface area contributed by atoms with Crippen molar-refractivity contribution in [3.63, 3.8) is 0 Å². The van der Waals surface area contributed by atoms with Gasteiger partial charge in [-0.2, -0.15) is 0 Å². The third kappa shape index (κ3) is 3.84. The van der Waals surface area contributed by atoms with E-state index >= 15 is 0 Å². The number of carbonyl (C=O) groups is 1. The summed E-state index contributed by atoms with van der Waals surface area (Å²) in [6, 6.07) is 5.06. The first-order valence-electron chi connectivity index (χ1n) is 8.27. The highest BCUT2D eigenvalue weighted by Gasteiger charge is 2.32. The number of hydrogen-bond donors (Lipinski definition) is 2. The van der Waals surface area contributed by atoms with E-state index in [0.29, 0.717) is 23.8 Å². The van der Waals surface area contributed by atoms with Crippen LogP contribution in [-0.4, -0.2) is 43.4 Å². The van der Waals surface area contributed by atoms with Gasteiger partial charge in [0, 0.05) is 0 Å². The molecule has 0 aliphatic carbocycles. The number of cyclic esters (lactones) is 1. The fourth-order valence-corrected chi connectivity index (χ4v) is 3.33. The molecule has 0 bridgehead atoms. The average Bonchev–Trinajstić information content (AvgIpc) is 2.94. The fraction of sp³-hybridized carbons (Fsp3) is 0.529. The SMILES string of the molecule is CC(=S)NC[C@H]1CN(c2ccc(C3CCNCC3)c(F)c2)C(=O)O1. The zero-order valence-electron chi connectivity index (χ0n) is 13.7. The van der Waals surface area contributed by atoms with Crippen LogP contribution in [0.3, 0.4) is 0 Å². The van der Waals surface area contributed by atoms with Gasteiger partial charge in [-0.3, -0.25) is 4.90 Å². The largest absolute Gasteiger partial charge is 0.442 e. The third-order valence-corrected chi connectivity index (χ3v) is 4.67. The second kappa shape index (κ2) is 7.44. The highest BCUT2D eigenvalue weighted by Crippen LogP contribution is 2.31. The van der Waals surface area contributed by atoms with Crippen LogP contribution in [0.1, 0.15) is 31.2 Å². The Kier molecular flexibility index (Phi) is 5.30. The van der Waals surface area contributed by atoms with E-state index in [-0.39, 0.29) is 17.8 Å². The second-order valence-electron chi connectivity index (χ2n) is 6.28. The smallest absolute Gasteiger partial charge is 0.414 e. The Morgan fingerprint density at radius 2 is 2.21 bits per heavy atom. The number of halogens is 1. The minimum Gasteiger partial charge on any atom is -0.442 e. The van der Waals surface area contributed by atoms with Gasteiger partial charge in [0.25, 0.3) is 0 Å². The molecule has 3 rings (SSSR count). The lowest BCUT2D eigenvalue weighted by molar-refractivity contribution is 0.143. The van der Waals surface area contributed by atoms with Crippen molar-refractivity contribution in [2.75, 3.05) is 31.1 Å². The Balaban J connectivity index is 1.69. The van der Waals surface area contributed by atoms with Gasteiger partial charge in [0.15, 0.2) is 0 Å². The lowest BCUT2D eigenvalue weighted by atomic mass is 9.89. The standard InChI is InChI=1S/C17H22FN3O2S/c1-11(24)20-9-14-10-21(17(22)23-14)13-2-3-15(16(18)8-13)12-4-6-19-7-5-12/h2-3,8,12,14,19H,4-7,9-10H2,1H3,(H,20,24)/t14-/m0/s1. The predicted octanol–water partition coefficient (Wildman–Crippen LogP) is 2.55. The highest BCUT2D eigenvalue weighted by molar-refractivity contribution is 7.80. The minimum atomic E-state index is -0.446. The first-order valence-corrected chi connectivity index (χ1v) is 8.68. The van der Waals surface area contributed by atoms with Crippen LogP contribution in [0.2, 0.25) is 0 Å². The molecule has 1 amide bonds. The van der Waals surface area contributed by atoms with Gasteiger partial charge < -0.3 is 15.4 Å². The molecular weight excluding hydrogens is 329 g/mol. The molecule has 0 saturated carbocycles. The van der Waals surface area contributed by atoms with E-state index in [1.807, 2.05) is 6.07 Å². The number of rotatable bonds is 4. The zero-order valence-corrected chi connectivity index (χ0v) is 14.5. The summed E-state index contributed by atoms with van der Waals surface area (Å²) in [5.74, 6) is -0.00291. The van der Waals surface area contributed by atoms with E-state index in [2.05, 4.69) is 10.6 Å². The Morgan fingerprint density at radius 3 is 2.88 bits per heavy atom. The molecule has 7 heteroatoms.